The Hall–Kier alpha value is -0.835. The fourth-order valence-corrected chi connectivity index (χ4v) is 0.230. The molecule has 0 saturated carbocycles. The molecule has 0 aromatic rings. The van der Waals surface area contributed by atoms with Crippen LogP contribution in [0.4, 0.5) is 0 Å². The molecule has 1 N–H and O–H groups in total. The summed E-state index contributed by atoms with van der Waals surface area (Å²) >= 11 is 0. The van der Waals surface area contributed by atoms with Gasteiger partial charge in [0.25, 0.3) is 0 Å². The Morgan fingerprint density at radius 2 is 2.11 bits per heavy atom. The van der Waals surface area contributed by atoms with E-state index in [0.29, 0.717) is 0 Å². The molecule has 0 fully saturated rings. The van der Waals surface area contributed by atoms with Crippen LogP contribution in [-0.4, -0.2) is 31.0 Å². The van der Waals surface area contributed by atoms with E-state index in [1.165, 1.54) is 0 Å². The minimum absolute atomic E-state index is 0.689. The second kappa shape index (κ2) is 3.24. The number of carbonyl (C=O) groups excluding carboxylic acids is 2. The first kappa shape index (κ1) is 8.16. The van der Waals surface area contributed by atoms with Gasteiger partial charge in [0.1, 0.15) is 0 Å². The van der Waals surface area contributed by atoms with E-state index in [4.69, 9.17) is 5.11 Å². The molecule has 0 bridgehead atoms. The van der Waals surface area contributed by atoms with Crippen molar-refractivity contribution >= 4 is 19.8 Å². The first-order valence-electron chi connectivity index (χ1n) is 2.18. The zero-order valence-electron chi connectivity index (χ0n) is 4.83. The topological polar surface area (TPSA) is 63.6 Å². The molecule has 48 valence electrons. The monoisotopic (exact) mass is 128 g/mol. The van der Waals surface area contributed by atoms with E-state index < -0.39 is 17.9 Å². The minimum Gasteiger partial charge on any atom is -0.541 e. The van der Waals surface area contributed by atoms with Gasteiger partial charge in [0.05, 0.1) is 0 Å². The van der Waals surface area contributed by atoms with E-state index in [-0.39, 0.29) is 0 Å². The van der Waals surface area contributed by atoms with Crippen LogP contribution in [0.3, 0.4) is 0 Å². The van der Waals surface area contributed by atoms with E-state index >= 15 is 0 Å². The van der Waals surface area contributed by atoms with Crippen LogP contribution in [0.25, 0.3) is 0 Å². The van der Waals surface area contributed by atoms with Gasteiger partial charge in [-0.2, -0.15) is 0 Å². The molecular weight excluding hydrogens is 123 g/mol. The summed E-state index contributed by atoms with van der Waals surface area (Å²) in [4.78, 5) is 20.3. The first-order valence-corrected chi connectivity index (χ1v) is 2.18. The molecule has 0 aliphatic rings. The van der Waals surface area contributed by atoms with Crippen LogP contribution in [0, 0.1) is 0 Å². The first-order chi connectivity index (χ1) is 4.09. The second-order valence-electron chi connectivity index (χ2n) is 1.45. The minimum atomic E-state index is -1.74. The summed E-state index contributed by atoms with van der Waals surface area (Å²) in [7, 11) is 4.35. The third-order valence-electron chi connectivity index (χ3n) is 0.724. The molecule has 1 unspecified atom stereocenters. The molecule has 0 amide bonds. The zero-order valence-corrected chi connectivity index (χ0v) is 4.83. The number of Topliss-reactive ketones (excluding diaryl/α,β-unsaturated/α-hetero) is 1. The van der Waals surface area contributed by atoms with Crippen molar-refractivity contribution in [2.45, 2.75) is 13.0 Å². The molecule has 5 heteroatoms. The van der Waals surface area contributed by atoms with Gasteiger partial charge in [-0.15, -0.1) is 0 Å². The summed E-state index contributed by atoms with van der Waals surface area (Å²) in [6.45, 7) is 1.06. The second-order valence-corrected chi connectivity index (χ2v) is 1.45. The van der Waals surface area contributed by atoms with Crippen molar-refractivity contribution in [1.29, 1.82) is 0 Å². The Bertz CT molecular complexity index is 133. The van der Waals surface area contributed by atoms with E-state index in [0.717, 1.165) is 6.92 Å². The Kier molecular flexibility index (Phi) is 2.94. The number of ketones is 1. The summed E-state index contributed by atoms with van der Waals surface area (Å²) in [6, 6.07) is 0. The maximum atomic E-state index is 10.1. The van der Waals surface area contributed by atoms with Crippen molar-refractivity contribution in [3.63, 3.8) is 0 Å². The lowest BCUT2D eigenvalue weighted by Gasteiger charge is -2.02. The molecule has 0 heterocycles. The standard InChI is InChI=1S/C4H5BO4/c1-2(6)3(7)4(8)9-5/h3,7H,1H3. The van der Waals surface area contributed by atoms with Crippen molar-refractivity contribution in [3.05, 3.63) is 0 Å². The van der Waals surface area contributed by atoms with E-state index in [9.17, 15) is 9.59 Å². The molecule has 0 rings (SSSR count). The van der Waals surface area contributed by atoms with Gasteiger partial charge in [-0.05, 0) is 6.92 Å². The largest absolute Gasteiger partial charge is 0.541 e. The van der Waals surface area contributed by atoms with E-state index in [2.05, 4.69) is 12.7 Å². The Labute approximate surface area is 53.3 Å². The number of hydrogen-bond donors (Lipinski definition) is 1. The number of carbonyl (C=O) groups is 2. The summed E-state index contributed by atoms with van der Waals surface area (Å²) in [5, 5.41) is 8.49. The van der Waals surface area contributed by atoms with Crippen LogP contribution < -0.4 is 0 Å². The van der Waals surface area contributed by atoms with Crippen molar-refractivity contribution in [2.24, 2.45) is 0 Å². The molecule has 1 atom stereocenters. The van der Waals surface area contributed by atoms with Gasteiger partial charge in [-0.3, -0.25) is 9.59 Å². The average Bonchev–Trinajstić information content (AvgIpc) is 1.84. The highest BCUT2D eigenvalue weighted by Gasteiger charge is 2.18. The van der Waals surface area contributed by atoms with E-state index in [1.54, 1.807) is 0 Å². The van der Waals surface area contributed by atoms with Crippen LogP contribution in [0.1, 0.15) is 6.92 Å². The molecule has 0 spiro atoms. The quantitative estimate of drug-likeness (QED) is 0.365. The fraction of sp³-hybridized carbons (Fsp3) is 0.500. The molecule has 9 heavy (non-hydrogen) atoms. The predicted molar refractivity (Wildman–Crippen MR) is 28.5 cm³/mol. The van der Waals surface area contributed by atoms with Gasteiger partial charge in [0, 0.05) is 0 Å². The highest BCUT2D eigenvalue weighted by Crippen LogP contribution is 1.86. The van der Waals surface area contributed by atoms with Crippen molar-refractivity contribution in [2.75, 3.05) is 0 Å². The number of hydrogen-bond acceptors (Lipinski definition) is 4. The molecule has 0 aliphatic heterocycles. The van der Waals surface area contributed by atoms with Gasteiger partial charge < -0.3 is 9.76 Å². The molecular formula is C4H5BO4. The van der Waals surface area contributed by atoms with Gasteiger partial charge in [-0.25, -0.2) is 0 Å². The summed E-state index contributed by atoms with van der Waals surface area (Å²) in [5.41, 5.74) is 0. The van der Waals surface area contributed by atoms with Gasteiger partial charge >= 0.3 is 14.0 Å². The molecule has 0 aromatic heterocycles. The molecule has 0 saturated heterocycles. The molecule has 2 radical (unpaired) electrons. The maximum absolute atomic E-state index is 10.1. The van der Waals surface area contributed by atoms with Crippen LogP contribution in [0.15, 0.2) is 0 Å². The lowest BCUT2D eigenvalue weighted by atomic mass is 10.2. The summed E-state index contributed by atoms with van der Waals surface area (Å²) in [6.07, 6.45) is -1.74. The third-order valence-corrected chi connectivity index (χ3v) is 0.724. The molecule has 0 aromatic carbocycles. The lowest BCUT2D eigenvalue weighted by molar-refractivity contribution is -0.148. The van der Waals surface area contributed by atoms with Crippen LogP contribution >= 0.6 is 0 Å². The summed E-state index contributed by atoms with van der Waals surface area (Å²) in [5.74, 6) is -1.83. The van der Waals surface area contributed by atoms with Crippen LogP contribution in [0.5, 0.6) is 0 Å². The normalized spacial score (nSPS) is 12.2. The highest BCUT2D eigenvalue weighted by atomic mass is 16.5. The lowest BCUT2D eigenvalue weighted by Crippen LogP contribution is -2.28. The van der Waals surface area contributed by atoms with Gasteiger partial charge in [-0.1, -0.05) is 0 Å². The zero-order chi connectivity index (χ0) is 7.44. The van der Waals surface area contributed by atoms with Gasteiger partial charge in [0.2, 0.25) is 6.10 Å². The Balaban J connectivity index is 3.88. The van der Waals surface area contributed by atoms with Crippen molar-refractivity contribution < 1.29 is 19.3 Å². The van der Waals surface area contributed by atoms with Crippen LogP contribution in [-0.2, 0) is 14.2 Å². The molecule has 0 aliphatic carbocycles. The predicted octanol–water partition coefficient (Wildman–Crippen LogP) is -1.44. The van der Waals surface area contributed by atoms with Crippen molar-refractivity contribution in [1.82, 2.24) is 0 Å². The highest BCUT2D eigenvalue weighted by molar-refractivity contribution is 6.11. The van der Waals surface area contributed by atoms with Crippen LogP contribution in [0.2, 0.25) is 0 Å². The van der Waals surface area contributed by atoms with E-state index in [1.807, 2.05) is 0 Å². The maximum Gasteiger partial charge on any atom is 0.378 e. The average molecular weight is 128 g/mol. The van der Waals surface area contributed by atoms with Gasteiger partial charge in [0.15, 0.2) is 5.78 Å². The smallest absolute Gasteiger partial charge is 0.378 e. The van der Waals surface area contributed by atoms with Crippen molar-refractivity contribution in [3.8, 4) is 0 Å². The molecule has 4 nitrogen and oxygen atoms in total. The fourth-order valence-electron chi connectivity index (χ4n) is 0.230. The third kappa shape index (κ3) is 2.28. The SMILES string of the molecule is [B]OC(=O)C(O)C(C)=O. The Morgan fingerprint density at radius 1 is 1.67 bits per heavy atom. The summed E-state index contributed by atoms with van der Waals surface area (Å²) < 4.78 is 3.56. The Morgan fingerprint density at radius 3 is 2.22 bits per heavy atom. The number of rotatable bonds is 2. The number of aliphatic hydroxyl groups excluding tert-OH is 1. The number of aliphatic hydroxyl groups is 1.